The van der Waals surface area contributed by atoms with E-state index >= 15 is 0 Å². The summed E-state index contributed by atoms with van der Waals surface area (Å²) in [7, 11) is 0. The van der Waals surface area contributed by atoms with Crippen LogP contribution in [0, 0.1) is 0 Å². The van der Waals surface area contributed by atoms with Crippen LogP contribution in [0.5, 0.6) is 0 Å². The fourth-order valence-corrected chi connectivity index (χ4v) is 0.749. The van der Waals surface area contributed by atoms with Crippen molar-refractivity contribution < 1.29 is 10.2 Å². The first kappa shape index (κ1) is 9.66. The Bertz CT molecular complexity index is 89.3. The van der Waals surface area contributed by atoms with E-state index in [4.69, 9.17) is 10.2 Å². The van der Waals surface area contributed by atoms with Crippen LogP contribution in [0.15, 0.2) is 12.2 Å². The predicted molar refractivity (Wildman–Crippen MR) is 41.8 cm³/mol. The van der Waals surface area contributed by atoms with Gasteiger partial charge in [0.2, 0.25) is 0 Å². The maximum Gasteiger partial charge on any atom is 0.0565 e. The van der Waals surface area contributed by atoms with Crippen molar-refractivity contribution >= 4 is 0 Å². The highest BCUT2D eigenvalue weighted by atomic mass is 16.3. The molecule has 2 N–H and O–H groups in total. The molecule has 0 aromatic heterocycles. The number of hydrogen-bond donors (Lipinski definition) is 2. The maximum absolute atomic E-state index is 9.08. The van der Waals surface area contributed by atoms with E-state index in [1.807, 2.05) is 19.1 Å². The summed E-state index contributed by atoms with van der Waals surface area (Å²) in [5, 5.41) is 17.5. The molecule has 1 unspecified atom stereocenters. The van der Waals surface area contributed by atoms with E-state index in [1.54, 1.807) is 0 Å². The van der Waals surface area contributed by atoms with Crippen molar-refractivity contribution in [1.82, 2.24) is 0 Å². The molecule has 0 aromatic carbocycles. The summed E-state index contributed by atoms with van der Waals surface area (Å²) in [5.74, 6) is 0. The summed E-state index contributed by atoms with van der Waals surface area (Å²) in [6, 6.07) is 0. The smallest absolute Gasteiger partial charge is 0.0565 e. The third-order valence-electron chi connectivity index (χ3n) is 1.36. The molecule has 0 aliphatic rings. The second-order valence-electron chi connectivity index (χ2n) is 2.31. The SMILES string of the molecule is CC=CCCC(O)CCO. The largest absolute Gasteiger partial charge is 0.396 e. The van der Waals surface area contributed by atoms with Crippen LogP contribution >= 0.6 is 0 Å². The Kier molecular flexibility index (Phi) is 6.55. The molecule has 0 aliphatic heterocycles. The van der Waals surface area contributed by atoms with Crippen molar-refractivity contribution in [2.24, 2.45) is 0 Å². The lowest BCUT2D eigenvalue weighted by Gasteiger charge is -2.04. The minimum absolute atomic E-state index is 0.0804. The predicted octanol–water partition coefficient (Wildman–Crippen LogP) is 1.09. The summed E-state index contributed by atoms with van der Waals surface area (Å²) < 4.78 is 0. The highest BCUT2D eigenvalue weighted by Crippen LogP contribution is 2.01. The van der Waals surface area contributed by atoms with Crippen LogP contribution in [0.4, 0.5) is 0 Å². The molecule has 0 aromatic rings. The Labute approximate surface area is 62.2 Å². The topological polar surface area (TPSA) is 40.5 Å². The molecule has 0 rings (SSSR count). The Hall–Kier alpha value is -0.340. The first-order valence-electron chi connectivity index (χ1n) is 3.71. The van der Waals surface area contributed by atoms with Crippen LogP contribution in [0.25, 0.3) is 0 Å². The molecular weight excluding hydrogens is 128 g/mol. The minimum Gasteiger partial charge on any atom is -0.396 e. The lowest BCUT2D eigenvalue weighted by Crippen LogP contribution is -2.07. The Balaban J connectivity index is 3.12. The van der Waals surface area contributed by atoms with Crippen LogP contribution in [-0.2, 0) is 0 Å². The average molecular weight is 144 g/mol. The van der Waals surface area contributed by atoms with Crippen LogP contribution in [0.1, 0.15) is 26.2 Å². The van der Waals surface area contributed by atoms with Crippen molar-refractivity contribution in [3.8, 4) is 0 Å². The molecule has 0 heterocycles. The van der Waals surface area contributed by atoms with Crippen molar-refractivity contribution in [2.45, 2.75) is 32.3 Å². The van der Waals surface area contributed by atoms with Gasteiger partial charge in [-0.3, -0.25) is 0 Å². The van der Waals surface area contributed by atoms with Gasteiger partial charge in [0.15, 0.2) is 0 Å². The molecule has 0 radical (unpaired) electrons. The maximum atomic E-state index is 9.08. The van der Waals surface area contributed by atoms with Gasteiger partial charge in [0, 0.05) is 6.61 Å². The molecule has 0 spiro atoms. The molecule has 2 nitrogen and oxygen atoms in total. The zero-order chi connectivity index (χ0) is 7.82. The number of aliphatic hydroxyl groups excluding tert-OH is 2. The van der Waals surface area contributed by atoms with Gasteiger partial charge in [-0.25, -0.2) is 0 Å². The fourth-order valence-electron chi connectivity index (χ4n) is 0.749. The van der Waals surface area contributed by atoms with Gasteiger partial charge in [0.05, 0.1) is 6.10 Å². The Morgan fingerprint density at radius 1 is 1.40 bits per heavy atom. The minimum atomic E-state index is -0.332. The quantitative estimate of drug-likeness (QED) is 0.567. The number of allylic oxidation sites excluding steroid dienone is 2. The van der Waals surface area contributed by atoms with E-state index in [-0.39, 0.29) is 12.7 Å². The Morgan fingerprint density at radius 3 is 2.60 bits per heavy atom. The molecular formula is C8H16O2. The lowest BCUT2D eigenvalue weighted by molar-refractivity contribution is 0.126. The molecule has 0 saturated heterocycles. The van der Waals surface area contributed by atoms with Gasteiger partial charge in [-0.15, -0.1) is 0 Å². The summed E-state index contributed by atoms with van der Waals surface area (Å²) in [6.07, 6.45) is 5.80. The third kappa shape index (κ3) is 5.79. The average Bonchev–Trinajstić information content (AvgIpc) is 1.89. The fraction of sp³-hybridized carbons (Fsp3) is 0.750. The first-order valence-corrected chi connectivity index (χ1v) is 3.71. The summed E-state index contributed by atoms with van der Waals surface area (Å²) >= 11 is 0. The van der Waals surface area contributed by atoms with E-state index in [0.29, 0.717) is 6.42 Å². The van der Waals surface area contributed by atoms with Crippen LogP contribution in [0.3, 0.4) is 0 Å². The lowest BCUT2D eigenvalue weighted by atomic mass is 10.1. The van der Waals surface area contributed by atoms with E-state index in [2.05, 4.69) is 0 Å². The molecule has 10 heavy (non-hydrogen) atoms. The number of hydrogen-bond acceptors (Lipinski definition) is 2. The van der Waals surface area contributed by atoms with Gasteiger partial charge in [0.25, 0.3) is 0 Å². The van der Waals surface area contributed by atoms with Crippen molar-refractivity contribution in [2.75, 3.05) is 6.61 Å². The standard InChI is InChI=1S/C8H16O2/c1-2-3-4-5-8(10)6-7-9/h2-3,8-10H,4-7H2,1H3. The van der Waals surface area contributed by atoms with E-state index in [9.17, 15) is 0 Å². The number of rotatable bonds is 5. The number of aliphatic hydroxyl groups is 2. The van der Waals surface area contributed by atoms with E-state index < -0.39 is 0 Å². The second kappa shape index (κ2) is 6.78. The molecule has 0 fully saturated rings. The van der Waals surface area contributed by atoms with Gasteiger partial charge < -0.3 is 10.2 Å². The van der Waals surface area contributed by atoms with E-state index in [0.717, 1.165) is 12.8 Å². The van der Waals surface area contributed by atoms with Gasteiger partial charge in [-0.05, 0) is 26.2 Å². The third-order valence-corrected chi connectivity index (χ3v) is 1.36. The van der Waals surface area contributed by atoms with Crippen LogP contribution in [-0.4, -0.2) is 22.9 Å². The molecule has 1 atom stereocenters. The van der Waals surface area contributed by atoms with Gasteiger partial charge in [0.1, 0.15) is 0 Å². The van der Waals surface area contributed by atoms with Gasteiger partial charge >= 0.3 is 0 Å². The molecule has 0 bridgehead atoms. The van der Waals surface area contributed by atoms with Crippen molar-refractivity contribution in [3.63, 3.8) is 0 Å². The molecule has 0 aliphatic carbocycles. The second-order valence-corrected chi connectivity index (χ2v) is 2.31. The molecule has 60 valence electrons. The zero-order valence-electron chi connectivity index (χ0n) is 6.45. The highest BCUT2D eigenvalue weighted by molar-refractivity contribution is 4.77. The molecule has 0 saturated carbocycles. The van der Waals surface area contributed by atoms with Crippen LogP contribution < -0.4 is 0 Å². The van der Waals surface area contributed by atoms with Crippen molar-refractivity contribution in [1.29, 1.82) is 0 Å². The summed E-state index contributed by atoms with van der Waals surface area (Å²) in [5.41, 5.74) is 0. The van der Waals surface area contributed by atoms with Gasteiger partial charge in [-0.2, -0.15) is 0 Å². The van der Waals surface area contributed by atoms with Gasteiger partial charge in [-0.1, -0.05) is 12.2 Å². The van der Waals surface area contributed by atoms with Crippen LogP contribution in [0.2, 0.25) is 0 Å². The first-order chi connectivity index (χ1) is 4.81. The monoisotopic (exact) mass is 144 g/mol. The highest BCUT2D eigenvalue weighted by Gasteiger charge is 1.99. The molecule has 0 amide bonds. The zero-order valence-corrected chi connectivity index (χ0v) is 6.45. The normalized spacial score (nSPS) is 14.3. The Morgan fingerprint density at radius 2 is 2.10 bits per heavy atom. The summed E-state index contributed by atoms with van der Waals surface area (Å²) in [6.45, 7) is 2.04. The summed E-state index contributed by atoms with van der Waals surface area (Å²) in [4.78, 5) is 0. The van der Waals surface area contributed by atoms with E-state index in [1.165, 1.54) is 0 Å². The van der Waals surface area contributed by atoms with Crippen molar-refractivity contribution in [3.05, 3.63) is 12.2 Å². The molecule has 2 heteroatoms.